The van der Waals surface area contributed by atoms with E-state index >= 15 is 0 Å². The summed E-state index contributed by atoms with van der Waals surface area (Å²) in [5.41, 5.74) is 0.807. The Morgan fingerprint density at radius 1 is 1.20 bits per heavy atom. The minimum absolute atomic E-state index is 0. The number of aromatic hydroxyl groups is 1. The molecule has 0 saturated heterocycles. The van der Waals surface area contributed by atoms with E-state index in [1.807, 2.05) is 6.92 Å². The molecule has 1 aromatic rings. The molecule has 4 rings (SSSR count). The van der Waals surface area contributed by atoms with Crippen LogP contribution in [-0.2, 0) is 14.4 Å². The van der Waals surface area contributed by atoms with Crippen molar-refractivity contribution in [2.75, 3.05) is 19.4 Å². The molecule has 8 N–H and O–H groups in total. The first-order valence-corrected chi connectivity index (χ1v) is 13.7. The van der Waals surface area contributed by atoms with Crippen molar-refractivity contribution >= 4 is 62.0 Å². The largest absolute Gasteiger partial charge is 0.510 e. The van der Waals surface area contributed by atoms with E-state index in [0.29, 0.717) is 18.4 Å². The number of nitrogens with zero attached hydrogens (tertiary/aromatic N) is 1. The predicted octanol–water partition coefficient (Wildman–Crippen LogP) is 1.73. The molecule has 0 heterocycles. The molecule has 2 amide bonds. The number of phenols is 1. The van der Waals surface area contributed by atoms with Gasteiger partial charge in [0.05, 0.1) is 34.1 Å². The van der Waals surface area contributed by atoms with Crippen molar-refractivity contribution in [2.24, 2.45) is 17.6 Å². The summed E-state index contributed by atoms with van der Waals surface area (Å²) in [6.45, 7) is 3.52. The van der Waals surface area contributed by atoms with Gasteiger partial charge in [-0.2, -0.15) is 0 Å². The summed E-state index contributed by atoms with van der Waals surface area (Å²) in [6.07, 6.45) is -0.443. The minimum Gasteiger partial charge on any atom is -0.510 e. The molecule has 1 aromatic carbocycles. The van der Waals surface area contributed by atoms with Crippen molar-refractivity contribution in [1.82, 2.24) is 4.90 Å². The third-order valence-electron chi connectivity index (χ3n) is 8.22. The fraction of sp³-hybridized carbons (Fsp3) is 0.481. The molecule has 0 fully saturated rings. The summed E-state index contributed by atoms with van der Waals surface area (Å²) in [4.78, 5) is 52.8. The lowest BCUT2D eigenvalue weighted by Crippen LogP contribution is -2.68. The number of nitrogens with two attached hydrogens (primary N) is 1. The van der Waals surface area contributed by atoms with Crippen LogP contribution < -0.4 is 11.1 Å². The fourth-order valence-electron chi connectivity index (χ4n) is 6.32. The molecule has 7 atom stereocenters. The average molecular weight is 703 g/mol. The molecule has 0 bridgehead atoms. The maximum absolute atomic E-state index is 13.9. The molecule has 41 heavy (non-hydrogen) atoms. The van der Waals surface area contributed by atoms with Crippen LogP contribution in [0.4, 0.5) is 5.69 Å². The molecule has 0 aliphatic heterocycles. The van der Waals surface area contributed by atoms with Crippen LogP contribution in [0.1, 0.15) is 48.5 Å². The second-order valence-electron chi connectivity index (χ2n) is 10.7. The third-order valence-corrected chi connectivity index (χ3v) is 9.09. The van der Waals surface area contributed by atoms with Gasteiger partial charge in [0.25, 0.3) is 5.91 Å². The Balaban J connectivity index is 0.00000462. The Hall–Kier alpha value is -2.78. The number of aliphatic hydroxyl groups excluding tert-OH is 3. The molecule has 0 aromatic heterocycles. The van der Waals surface area contributed by atoms with Crippen molar-refractivity contribution in [3.63, 3.8) is 0 Å². The van der Waals surface area contributed by atoms with E-state index in [2.05, 4.69) is 21.2 Å². The number of hydrogen-bond acceptors (Lipinski definition) is 10. The number of likely N-dealkylation sites (N-methyl/N-ethyl adjacent to an activating group) is 1. The number of ketones is 2. The molecule has 0 saturated carbocycles. The topological polar surface area (TPSA) is 211 Å². The molecule has 224 valence electrons. The lowest BCUT2D eigenvalue weighted by atomic mass is 9.55. The number of phenolic OH excluding ortho intramolecular Hbond substituents is 1. The fourth-order valence-corrected chi connectivity index (χ4v) is 6.89. The van der Waals surface area contributed by atoms with Gasteiger partial charge in [0.2, 0.25) is 11.7 Å². The van der Waals surface area contributed by atoms with Crippen LogP contribution >= 0.6 is 32.9 Å². The highest BCUT2D eigenvalue weighted by Crippen LogP contribution is 2.56. The van der Waals surface area contributed by atoms with E-state index in [-0.39, 0.29) is 28.2 Å². The second kappa shape index (κ2) is 11.5. The zero-order valence-electron chi connectivity index (χ0n) is 22.7. The smallest absolute Gasteiger partial charge is 0.255 e. The number of carbonyl (C=O) groups is 4. The standard InChI is InChI=1S/C27H32BrN3O9.BrH/c1-5-6-11(28)26(39)30-12-8-7-10-9(2)13-15(20(33)14(10)19(12)32)23(36)27(40)17(21(13)34)18(31(3)4)22(35)16(24(27)37)25(29)38;/h7-9,11,13,17-18,21,32,34-36,40H,5-6H2,1-4H3,(H2,29,38)(H,30,39);1H/t9?,11?,13?,17?,18-,21?,27-;/m0./s1. The normalized spacial score (nSPS) is 29.8. The van der Waals surface area contributed by atoms with Gasteiger partial charge in [-0.05, 0) is 38.1 Å². The van der Waals surface area contributed by atoms with Crippen LogP contribution in [0.25, 0.3) is 0 Å². The summed E-state index contributed by atoms with van der Waals surface area (Å²) in [5.74, 6) is -10.2. The summed E-state index contributed by atoms with van der Waals surface area (Å²) in [6, 6.07) is 1.59. The number of anilines is 1. The predicted molar refractivity (Wildman–Crippen MR) is 156 cm³/mol. The highest BCUT2D eigenvalue weighted by molar-refractivity contribution is 9.10. The monoisotopic (exact) mass is 701 g/mol. The van der Waals surface area contributed by atoms with Gasteiger partial charge in [-0.1, -0.05) is 42.3 Å². The number of rotatable bonds is 6. The number of fused-ring (bicyclic) bond motifs is 3. The van der Waals surface area contributed by atoms with Gasteiger partial charge in [-0.15, -0.1) is 17.0 Å². The van der Waals surface area contributed by atoms with Crippen molar-refractivity contribution in [3.8, 4) is 5.75 Å². The number of carbonyl (C=O) groups excluding carboxylic acids is 4. The van der Waals surface area contributed by atoms with Crippen molar-refractivity contribution in [3.05, 3.63) is 45.9 Å². The quantitative estimate of drug-likeness (QED) is 0.130. The number of amides is 2. The zero-order chi connectivity index (χ0) is 30.0. The highest BCUT2D eigenvalue weighted by atomic mass is 79.9. The molecule has 3 aliphatic carbocycles. The van der Waals surface area contributed by atoms with Crippen LogP contribution in [0, 0.1) is 11.8 Å². The number of nitrogens with one attached hydrogen (secondary N) is 1. The Bertz CT molecular complexity index is 1390. The molecular formula is C27H33Br2N3O9. The van der Waals surface area contributed by atoms with Crippen LogP contribution in [0.3, 0.4) is 0 Å². The summed E-state index contributed by atoms with van der Waals surface area (Å²) < 4.78 is 0. The van der Waals surface area contributed by atoms with Gasteiger partial charge >= 0.3 is 0 Å². The summed E-state index contributed by atoms with van der Waals surface area (Å²) in [5, 5.41) is 59.3. The molecular weight excluding hydrogens is 670 g/mol. The first-order chi connectivity index (χ1) is 18.6. The Kier molecular flexibility index (Phi) is 9.16. The van der Waals surface area contributed by atoms with Crippen LogP contribution in [0.5, 0.6) is 5.75 Å². The second-order valence-corrected chi connectivity index (χ2v) is 11.8. The molecule has 3 aliphatic rings. The van der Waals surface area contributed by atoms with Crippen LogP contribution in [-0.4, -0.2) is 90.5 Å². The van der Waals surface area contributed by atoms with Gasteiger partial charge < -0.3 is 36.6 Å². The van der Waals surface area contributed by atoms with Gasteiger partial charge in [0.15, 0.2) is 17.1 Å². The highest BCUT2D eigenvalue weighted by Gasteiger charge is 2.67. The third kappa shape index (κ3) is 4.69. The van der Waals surface area contributed by atoms with Crippen molar-refractivity contribution < 1.29 is 44.7 Å². The molecule has 14 heteroatoms. The summed E-state index contributed by atoms with van der Waals surface area (Å²) in [7, 11) is 2.94. The lowest BCUT2D eigenvalue weighted by molar-refractivity contribution is -0.162. The van der Waals surface area contributed by atoms with Gasteiger partial charge in [0, 0.05) is 11.5 Å². The van der Waals surface area contributed by atoms with E-state index < -0.39 is 92.1 Å². The maximum atomic E-state index is 13.9. The first-order valence-electron chi connectivity index (χ1n) is 12.8. The van der Waals surface area contributed by atoms with Gasteiger partial charge in [-0.25, -0.2) is 0 Å². The number of benzene rings is 1. The molecule has 5 unspecified atom stereocenters. The Labute approximate surface area is 254 Å². The van der Waals surface area contributed by atoms with E-state index in [4.69, 9.17) is 5.73 Å². The summed E-state index contributed by atoms with van der Waals surface area (Å²) >= 11 is 3.27. The van der Waals surface area contributed by atoms with E-state index in [0.717, 1.165) is 0 Å². The molecule has 0 radical (unpaired) electrons. The SMILES string of the molecule is Br.CCCC(Br)C(=O)Nc1ccc2c(c1O)C(=O)C1=C(O)[C@]3(O)C(=O)C(C(N)=O)=C(O)[C@@H](N(C)C)C3C(O)C1C2C. The molecule has 0 spiro atoms. The number of primary amides is 1. The van der Waals surface area contributed by atoms with Crippen LogP contribution in [0.2, 0.25) is 0 Å². The number of halogens is 2. The number of Topliss-reactive ketones (excluding diaryl/α,β-unsaturated/α-hetero) is 2. The van der Waals surface area contributed by atoms with Crippen molar-refractivity contribution in [1.29, 1.82) is 0 Å². The Morgan fingerprint density at radius 3 is 2.34 bits per heavy atom. The van der Waals surface area contributed by atoms with E-state index in [1.54, 1.807) is 6.92 Å². The first kappa shape index (κ1) is 32.7. The van der Waals surface area contributed by atoms with Gasteiger partial charge in [0.1, 0.15) is 17.1 Å². The maximum Gasteiger partial charge on any atom is 0.255 e. The Morgan fingerprint density at radius 2 is 1.80 bits per heavy atom. The number of hydrogen-bond donors (Lipinski definition) is 7. The zero-order valence-corrected chi connectivity index (χ0v) is 26.0. The average Bonchev–Trinajstić information content (AvgIpc) is 2.87. The molecule has 12 nitrogen and oxygen atoms in total. The minimum atomic E-state index is -2.99. The van der Waals surface area contributed by atoms with Crippen molar-refractivity contribution in [2.45, 2.75) is 55.2 Å². The number of aliphatic hydroxyl groups is 4. The lowest BCUT2D eigenvalue weighted by Gasteiger charge is -2.53. The van der Waals surface area contributed by atoms with Crippen LogP contribution in [0.15, 0.2) is 34.8 Å². The number of alkyl halides is 1. The van der Waals surface area contributed by atoms with E-state index in [9.17, 15) is 44.7 Å². The van der Waals surface area contributed by atoms with E-state index in [1.165, 1.54) is 31.1 Å². The van der Waals surface area contributed by atoms with Gasteiger partial charge in [-0.3, -0.25) is 24.1 Å².